The van der Waals surface area contributed by atoms with Crippen LogP contribution < -0.4 is 9.46 Å². The predicted molar refractivity (Wildman–Crippen MR) is 80.5 cm³/mol. The minimum absolute atomic E-state index is 0.0384. The fourth-order valence-electron chi connectivity index (χ4n) is 1.57. The molecule has 1 heterocycles. The molecule has 108 valence electrons. The van der Waals surface area contributed by atoms with Crippen LogP contribution in [0.3, 0.4) is 0 Å². The third-order valence-corrected chi connectivity index (χ3v) is 4.41. The largest absolute Gasteiger partial charge is 0.495 e. The quantitative estimate of drug-likeness (QED) is 0.895. The van der Waals surface area contributed by atoms with Gasteiger partial charge in [0, 0.05) is 10.7 Å². The van der Waals surface area contributed by atoms with Gasteiger partial charge < -0.3 is 4.74 Å². The first-order chi connectivity index (χ1) is 9.96. The number of nitrogens with one attached hydrogen (secondary N) is 1. The third kappa shape index (κ3) is 3.51. The second-order valence-electron chi connectivity index (χ2n) is 3.94. The van der Waals surface area contributed by atoms with Gasteiger partial charge in [0.2, 0.25) is 0 Å². The van der Waals surface area contributed by atoms with Crippen LogP contribution in [0.25, 0.3) is 0 Å². The normalized spacial score (nSPS) is 10.7. The fraction of sp³-hybridized carbons (Fsp3) is 0.0769. The lowest BCUT2D eigenvalue weighted by molar-refractivity contribution is 0.417. The molecule has 0 spiro atoms. The van der Waals surface area contributed by atoms with Crippen molar-refractivity contribution in [3.8, 4) is 11.8 Å². The Morgan fingerprint density at radius 2 is 2.10 bits per heavy atom. The highest BCUT2D eigenvalue weighted by Gasteiger charge is 2.17. The van der Waals surface area contributed by atoms with Gasteiger partial charge in [-0.3, -0.25) is 4.72 Å². The van der Waals surface area contributed by atoms with Crippen LogP contribution in [0, 0.1) is 11.3 Å². The van der Waals surface area contributed by atoms with Crippen LogP contribution in [0.5, 0.6) is 5.75 Å². The van der Waals surface area contributed by atoms with E-state index in [0.29, 0.717) is 15.9 Å². The van der Waals surface area contributed by atoms with Crippen molar-refractivity contribution >= 4 is 31.6 Å². The zero-order chi connectivity index (χ0) is 15.5. The number of methoxy groups -OCH3 is 1. The molecule has 0 aliphatic carbocycles. The summed E-state index contributed by atoms with van der Waals surface area (Å²) in [6.07, 6.45) is 1.13. The molecule has 6 nitrogen and oxygen atoms in total. The zero-order valence-corrected chi connectivity index (χ0v) is 13.3. The molecule has 1 aromatic heterocycles. The van der Waals surface area contributed by atoms with Crippen molar-refractivity contribution in [2.24, 2.45) is 0 Å². The maximum atomic E-state index is 12.3. The molecule has 0 amide bonds. The average molecular weight is 368 g/mol. The number of nitrogens with zero attached hydrogens (tertiary/aromatic N) is 2. The van der Waals surface area contributed by atoms with Crippen LogP contribution in [-0.2, 0) is 10.0 Å². The van der Waals surface area contributed by atoms with Crippen molar-refractivity contribution in [2.75, 3.05) is 11.8 Å². The van der Waals surface area contributed by atoms with Crippen molar-refractivity contribution in [1.82, 2.24) is 4.98 Å². The maximum Gasteiger partial charge on any atom is 0.263 e. The van der Waals surface area contributed by atoms with E-state index in [1.54, 1.807) is 18.2 Å². The number of rotatable bonds is 4. The topological polar surface area (TPSA) is 92.1 Å². The summed E-state index contributed by atoms with van der Waals surface area (Å²) in [5.74, 6) is 0.392. The molecule has 1 aromatic carbocycles. The van der Waals surface area contributed by atoms with Gasteiger partial charge in [-0.15, -0.1) is 0 Å². The van der Waals surface area contributed by atoms with Crippen molar-refractivity contribution < 1.29 is 13.2 Å². The van der Waals surface area contributed by atoms with E-state index in [-0.39, 0.29) is 10.6 Å². The minimum atomic E-state index is -3.81. The molecule has 0 fully saturated rings. The molecule has 0 atom stereocenters. The number of nitriles is 1. The van der Waals surface area contributed by atoms with E-state index in [9.17, 15) is 8.42 Å². The van der Waals surface area contributed by atoms with E-state index in [1.165, 1.54) is 19.2 Å². The Hall–Kier alpha value is -2.11. The van der Waals surface area contributed by atoms with Crippen LogP contribution in [0.2, 0.25) is 0 Å². The van der Waals surface area contributed by atoms with Crippen LogP contribution in [0.4, 0.5) is 5.69 Å². The molecule has 2 rings (SSSR count). The first kappa shape index (κ1) is 15.3. The summed E-state index contributed by atoms with van der Waals surface area (Å²) in [6, 6.07) is 9.45. The second kappa shape index (κ2) is 6.11. The van der Waals surface area contributed by atoms with Crippen LogP contribution in [-0.4, -0.2) is 20.5 Å². The summed E-state index contributed by atoms with van der Waals surface area (Å²) in [5, 5.41) is 8.67. The minimum Gasteiger partial charge on any atom is -0.495 e. The molecule has 21 heavy (non-hydrogen) atoms. The number of hydrogen-bond donors (Lipinski definition) is 1. The van der Waals surface area contributed by atoms with Crippen LogP contribution >= 0.6 is 15.9 Å². The van der Waals surface area contributed by atoms with Crippen molar-refractivity contribution in [3.63, 3.8) is 0 Å². The predicted octanol–water partition coefficient (Wildman–Crippen LogP) is 2.53. The molecule has 0 saturated heterocycles. The van der Waals surface area contributed by atoms with E-state index in [1.807, 2.05) is 6.07 Å². The number of aromatic nitrogens is 1. The highest BCUT2D eigenvalue weighted by Crippen LogP contribution is 2.29. The highest BCUT2D eigenvalue weighted by molar-refractivity contribution is 9.10. The standard InChI is InChI=1S/C13H10BrN3O3S/c1-20-13-5-2-9(14)6-12(13)17-21(18,19)11-4-3-10(7-15)16-8-11/h2-6,8,17H,1H3. The van der Waals surface area contributed by atoms with Gasteiger partial charge in [-0.25, -0.2) is 13.4 Å². The molecular formula is C13H10BrN3O3S. The number of benzene rings is 1. The number of anilines is 1. The SMILES string of the molecule is COc1ccc(Br)cc1NS(=O)(=O)c1ccc(C#N)nc1. The van der Waals surface area contributed by atoms with Crippen LogP contribution in [0.1, 0.15) is 5.69 Å². The summed E-state index contributed by atoms with van der Waals surface area (Å²) in [7, 11) is -2.36. The molecule has 1 N–H and O–H groups in total. The van der Waals surface area contributed by atoms with Crippen molar-refractivity contribution in [3.05, 3.63) is 46.7 Å². The summed E-state index contributed by atoms with van der Waals surface area (Å²) >= 11 is 3.27. The summed E-state index contributed by atoms with van der Waals surface area (Å²) in [4.78, 5) is 3.71. The van der Waals surface area contributed by atoms with Gasteiger partial charge >= 0.3 is 0 Å². The number of halogens is 1. The van der Waals surface area contributed by atoms with Crippen molar-refractivity contribution in [1.29, 1.82) is 5.26 Å². The van der Waals surface area contributed by atoms with E-state index in [4.69, 9.17) is 10.00 Å². The molecular weight excluding hydrogens is 358 g/mol. The fourth-order valence-corrected chi connectivity index (χ4v) is 2.94. The Bertz CT molecular complexity index is 798. The summed E-state index contributed by atoms with van der Waals surface area (Å²) < 4.78 is 32.8. The molecule has 0 bridgehead atoms. The zero-order valence-electron chi connectivity index (χ0n) is 10.9. The average Bonchev–Trinajstić information content (AvgIpc) is 2.47. The number of pyridine rings is 1. The number of ether oxygens (including phenoxy) is 1. The Kier molecular flexibility index (Phi) is 4.45. The molecule has 0 saturated carbocycles. The number of hydrogen-bond acceptors (Lipinski definition) is 5. The highest BCUT2D eigenvalue weighted by atomic mass is 79.9. The molecule has 0 aliphatic heterocycles. The molecule has 8 heteroatoms. The molecule has 0 radical (unpaired) electrons. The Labute approximate surface area is 130 Å². The first-order valence-corrected chi connectivity index (χ1v) is 7.96. The van der Waals surface area contributed by atoms with Crippen LogP contribution in [0.15, 0.2) is 45.9 Å². The smallest absolute Gasteiger partial charge is 0.263 e. The Morgan fingerprint density at radius 3 is 2.67 bits per heavy atom. The summed E-state index contributed by atoms with van der Waals surface area (Å²) in [5.41, 5.74) is 0.449. The van der Waals surface area contributed by atoms with E-state index in [0.717, 1.165) is 6.20 Å². The van der Waals surface area contributed by atoms with Gasteiger partial charge in [-0.1, -0.05) is 15.9 Å². The van der Waals surface area contributed by atoms with Gasteiger partial charge in [0.05, 0.1) is 12.8 Å². The van der Waals surface area contributed by atoms with Gasteiger partial charge in [-0.2, -0.15) is 5.26 Å². The first-order valence-electron chi connectivity index (χ1n) is 5.69. The third-order valence-electron chi connectivity index (χ3n) is 2.57. The Morgan fingerprint density at radius 1 is 1.33 bits per heavy atom. The molecule has 2 aromatic rings. The van der Waals surface area contributed by atoms with Gasteiger partial charge in [0.1, 0.15) is 22.4 Å². The van der Waals surface area contributed by atoms with E-state index < -0.39 is 10.0 Å². The molecule has 0 unspecified atom stereocenters. The monoisotopic (exact) mass is 367 g/mol. The lowest BCUT2D eigenvalue weighted by atomic mass is 10.3. The molecule has 0 aliphatic rings. The maximum absolute atomic E-state index is 12.3. The van der Waals surface area contributed by atoms with E-state index >= 15 is 0 Å². The lowest BCUT2D eigenvalue weighted by Crippen LogP contribution is -2.14. The van der Waals surface area contributed by atoms with E-state index in [2.05, 4.69) is 25.6 Å². The van der Waals surface area contributed by atoms with Gasteiger partial charge in [0.25, 0.3) is 10.0 Å². The Balaban J connectivity index is 2.37. The number of sulfonamides is 1. The summed E-state index contributed by atoms with van der Waals surface area (Å²) in [6.45, 7) is 0. The van der Waals surface area contributed by atoms with Gasteiger partial charge in [0.15, 0.2) is 0 Å². The van der Waals surface area contributed by atoms with Crippen molar-refractivity contribution in [2.45, 2.75) is 4.90 Å². The second-order valence-corrected chi connectivity index (χ2v) is 6.54. The van der Waals surface area contributed by atoms with Gasteiger partial charge in [-0.05, 0) is 30.3 Å². The lowest BCUT2D eigenvalue weighted by Gasteiger charge is -2.12.